The number of aromatic nitrogens is 2. The molecule has 0 radical (unpaired) electrons. The standard InChI is InChI=1S/C22H24N4O4S/c1-2-26-22(28)19-8-4-3-7-18(19)20(24-26)21(27)23-15-16-9-11-17(12-10-16)31(29,30)25-13-5-6-14-25/h3-4,7-12H,2,5-6,13-15H2,1H3,(H,23,27). The van der Waals surface area contributed by atoms with Gasteiger partial charge >= 0.3 is 0 Å². The van der Waals surface area contributed by atoms with Crippen molar-refractivity contribution in [2.45, 2.75) is 37.8 Å². The first kappa shape index (κ1) is 21.2. The smallest absolute Gasteiger partial charge is 0.274 e. The molecule has 0 saturated carbocycles. The fourth-order valence-electron chi connectivity index (χ4n) is 3.74. The summed E-state index contributed by atoms with van der Waals surface area (Å²) >= 11 is 0. The molecule has 1 aromatic heterocycles. The van der Waals surface area contributed by atoms with Gasteiger partial charge in [0.25, 0.3) is 11.5 Å². The maximum atomic E-state index is 12.8. The summed E-state index contributed by atoms with van der Waals surface area (Å²) in [6.07, 6.45) is 1.77. The van der Waals surface area contributed by atoms with Gasteiger partial charge in [-0.3, -0.25) is 9.59 Å². The summed E-state index contributed by atoms with van der Waals surface area (Å²) in [6, 6.07) is 13.4. The van der Waals surface area contributed by atoms with E-state index in [0.717, 1.165) is 18.4 Å². The Morgan fingerprint density at radius 2 is 1.68 bits per heavy atom. The zero-order valence-electron chi connectivity index (χ0n) is 17.2. The van der Waals surface area contributed by atoms with E-state index >= 15 is 0 Å². The molecule has 1 fully saturated rings. The molecule has 8 nitrogen and oxygen atoms in total. The first-order valence-corrected chi connectivity index (χ1v) is 11.7. The zero-order chi connectivity index (χ0) is 22.0. The van der Waals surface area contributed by atoms with E-state index in [9.17, 15) is 18.0 Å². The maximum Gasteiger partial charge on any atom is 0.274 e. The SMILES string of the molecule is CCn1nc(C(=O)NCc2ccc(S(=O)(=O)N3CCCC3)cc2)c2ccccc2c1=O. The van der Waals surface area contributed by atoms with E-state index in [1.54, 1.807) is 55.5 Å². The van der Waals surface area contributed by atoms with Gasteiger partial charge in [0.15, 0.2) is 5.69 Å². The van der Waals surface area contributed by atoms with Crippen LogP contribution in [0.4, 0.5) is 0 Å². The summed E-state index contributed by atoms with van der Waals surface area (Å²) in [5, 5.41) is 7.99. The Kier molecular flexibility index (Phi) is 5.88. The van der Waals surface area contributed by atoms with Gasteiger partial charge < -0.3 is 5.32 Å². The van der Waals surface area contributed by atoms with E-state index in [4.69, 9.17) is 0 Å². The largest absolute Gasteiger partial charge is 0.347 e. The van der Waals surface area contributed by atoms with E-state index < -0.39 is 15.9 Å². The number of benzene rings is 2. The molecule has 1 N–H and O–H groups in total. The number of carbonyl (C=O) groups excluding carboxylic acids is 1. The molecule has 1 saturated heterocycles. The third kappa shape index (κ3) is 4.11. The molecule has 1 aliphatic rings. The van der Waals surface area contributed by atoms with Crippen LogP contribution in [0.25, 0.3) is 10.8 Å². The van der Waals surface area contributed by atoms with Crippen LogP contribution in [0.15, 0.2) is 58.2 Å². The summed E-state index contributed by atoms with van der Waals surface area (Å²) in [5.41, 5.74) is 0.719. The molecule has 0 aliphatic carbocycles. The van der Waals surface area contributed by atoms with Crippen LogP contribution >= 0.6 is 0 Å². The summed E-state index contributed by atoms with van der Waals surface area (Å²) in [6.45, 7) is 3.48. The number of carbonyl (C=O) groups is 1. The molecule has 0 unspecified atom stereocenters. The van der Waals surface area contributed by atoms with Crippen molar-refractivity contribution in [1.29, 1.82) is 0 Å². The van der Waals surface area contributed by atoms with Gasteiger partial charge in [-0.1, -0.05) is 30.3 Å². The fourth-order valence-corrected chi connectivity index (χ4v) is 5.26. The number of nitrogens with zero attached hydrogens (tertiary/aromatic N) is 3. The summed E-state index contributed by atoms with van der Waals surface area (Å²) in [7, 11) is -3.46. The number of aryl methyl sites for hydroxylation is 1. The third-order valence-electron chi connectivity index (χ3n) is 5.46. The average molecular weight is 441 g/mol. The lowest BCUT2D eigenvalue weighted by molar-refractivity contribution is 0.0945. The molecule has 4 rings (SSSR count). The second kappa shape index (κ2) is 8.60. The second-order valence-electron chi connectivity index (χ2n) is 7.45. The highest BCUT2D eigenvalue weighted by Gasteiger charge is 2.26. The number of nitrogens with one attached hydrogen (secondary N) is 1. The monoisotopic (exact) mass is 440 g/mol. The maximum absolute atomic E-state index is 12.8. The van der Waals surface area contributed by atoms with Crippen molar-refractivity contribution in [1.82, 2.24) is 19.4 Å². The highest BCUT2D eigenvalue weighted by Crippen LogP contribution is 2.21. The molecule has 0 bridgehead atoms. The molecule has 0 spiro atoms. The highest BCUT2D eigenvalue weighted by atomic mass is 32.2. The highest BCUT2D eigenvalue weighted by molar-refractivity contribution is 7.89. The second-order valence-corrected chi connectivity index (χ2v) is 9.39. The predicted molar refractivity (Wildman–Crippen MR) is 117 cm³/mol. The van der Waals surface area contributed by atoms with Crippen LogP contribution in [0.5, 0.6) is 0 Å². The Hall–Kier alpha value is -3.04. The molecule has 1 amide bonds. The third-order valence-corrected chi connectivity index (χ3v) is 7.37. The minimum absolute atomic E-state index is 0.185. The van der Waals surface area contributed by atoms with Crippen molar-refractivity contribution in [3.05, 3.63) is 70.1 Å². The van der Waals surface area contributed by atoms with Gasteiger partial charge in [-0.2, -0.15) is 9.40 Å². The number of hydrogen-bond donors (Lipinski definition) is 1. The van der Waals surface area contributed by atoms with Crippen LogP contribution in [0.1, 0.15) is 35.8 Å². The molecular weight excluding hydrogens is 416 g/mol. The number of amides is 1. The summed E-state index contributed by atoms with van der Waals surface area (Å²) < 4.78 is 28.0. The van der Waals surface area contributed by atoms with Crippen molar-refractivity contribution < 1.29 is 13.2 Å². The van der Waals surface area contributed by atoms with Crippen molar-refractivity contribution in [2.75, 3.05) is 13.1 Å². The van der Waals surface area contributed by atoms with E-state index in [-0.39, 0.29) is 22.7 Å². The van der Waals surface area contributed by atoms with Crippen molar-refractivity contribution in [3.8, 4) is 0 Å². The first-order valence-electron chi connectivity index (χ1n) is 10.3. The molecule has 3 aromatic rings. The molecule has 9 heteroatoms. The van der Waals surface area contributed by atoms with E-state index in [0.29, 0.717) is 30.4 Å². The number of fused-ring (bicyclic) bond motifs is 1. The fraction of sp³-hybridized carbons (Fsp3) is 0.318. The van der Waals surface area contributed by atoms with Crippen LogP contribution in [-0.2, 0) is 23.1 Å². The van der Waals surface area contributed by atoms with Crippen molar-refractivity contribution in [3.63, 3.8) is 0 Å². The first-order chi connectivity index (χ1) is 14.9. The van der Waals surface area contributed by atoms with Gasteiger partial charge in [-0.15, -0.1) is 0 Å². The lowest BCUT2D eigenvalue weighted by Gasteiger charge is -2.15. The molecule has 2 heterocycles. The average Bonchev–Trinajstić information content (AvgIpc) is 3.34. The van der Waals surface area contributed by atoms with Crippen LogP contribution in [-0.4, -0.2) is 41.5 Å². The Labute approximate surface area is 180 Å². The number of hydrogen-bond acceptors (Lipinski definition) is 5. The van der Waals surface area contributed by atoms with Crippen LogP contribution in [0.3, 0.4) is 0 Å². The zero-order valence-corrected chi connectivity index (χ0v) is 18.1. The number of sulfonamides is 1. The van der Waals surface area contributed by atoms with Gasteiger partial charge in [-0.05, 0) is 43.5 Å². The quantitative estimate of drug-likeness (QED) is 0.633. The van der Waals surface area contributed by atoms with Gasteiger partial charge in [-0.25, -0.2) is 13.1 Å². The molecule has 0 atom stereocenters. The Morgan fingerprint density at radius 1 is 1.03 bits per heavy atom. The topological polar surface area (TPSA) is 101 Å². The van der Waals surface area contributed by atoms with E-state index in [1.165, 1.54) is 8.99 Å². The van der Waals surface area contributed by atoms with Crippen molar-refractivity contribution >= 4 is 26.7 Å². The van der Waals surface area contributed by atoms with Gasteiger partial charge in [0.1, 0.15) is 0 Å². The van der Waals surface area contributed by atoms with Crippen molar-refractivity contribution in [2.24, 2.45) is 0 Å². The minimum Gasteiger partial charge on any atom is -0.347 e. The lowest BCUT2D eigenvalue weighted by Crippen LogP contribution is -2.30. The minimum atomic E-state index is -3.46. The Balaban J connectivity index is 1.52. The normalized spacial score (nSPS) is 14.7. The summed E-state index contributed by atoms with van der Waals surface area (Å²) in [5.74, 6) is -0.396. The van der Waals surface area contributed by atoms with Gasteiger partial charge in [0, 0.05) is 31.6 Å². The lowest BCUT2D eigenvalue weighted by atomic mass is 10.1. The Bertz CT molecular complexity index is 1280. The van der Waals surface area contributed by atoms with Gasteiger partial charge in [0.05, 0.1) is 10.3 Å². The number of rotatable bonds is 6. The van der Waals surface area contributed by atoms with Crippen LogP contribution in [0, 0.1) is 0 Å². The molecule has 31 heavy (non-hydrogen) atoms. The van der Waals surface area contributed by atoms with Crippen LogP contribution in [0.2, 0.25) is 0 Å². The molecule has 1 aliphatic heterocycles. The van der Waals surface area contributed by atoms with E-state index in [1.807, 2.05) is 0 Å². The molecule has 162 valence electrons. The predicted octanol–water partition coefficient (Wildman–Crippen LogP) is 2.13. The summed E-state index contributed by atoms with van der Waals surface area (Å²) in [4.78, 5) is 25.5. The van der Waals surface area contributed by atoms with Gasteiger partial charge in [0.2, 0.25) is 10.0 Å². The van der Waals surface area contributed by atoms with E-state index in [2.05, 4.69) is 10.4 Å². The van der Waals surface area contributed by atoms with Crippen LogP contribution < -0.4 is 10.9 Å². The Morgan fingerprint density at radius 3 is 2.32 bits per heavy atom. The molecular formula is C22H24N4O4S. The molecule has 2 aromatic carbocycles.